The maximum absolute atomic E-state index is 12.7. The first-order valence-electron chi connectivity index (χ1n) is 6.33. The molecule has 0 unspecified atom stereocenters. The van der Waals surface area contributed by atoms with Crippen molar-refractivity contribution in [3.05, 3.63) is 30.1 Å². The van der Waals surface area contributed by atoms with E-state index in [4.69, 9.17) is 15.6 Å². The Labute approximate surface area is 122 Å². The topological polar surface area (TPSA) is 72.5 Å². The van der Waals surface area contributed by atoms with Gasteiger partial charge in [0, 0.05) is 4.75 Å². The van der Waals surface area contributed by atoms with Crippen LogP contribution in [0.5, 0.6) is 5.75 Å². The Morgan fingerprint density at radius 3 is 2.60 bits per heavy atom. The van der Waals surface area contributed by atoms with Gasteiger partial charge < -0.3 is 15.6 Å². The van der Waals surface area contributed by atoms with E-state index in [0.717, 1.165) is 12.2 Å². The fourth-order valence-corrected chi connectivity index (χ4v) is 2.57. The predicted octanol–water partition coefficient (Wildman–Crippen LogP) is 2.52. The molecule has 1 atom stereocenters. The summed E-state index contributed by atoms with van der Waals surface area (Å²) in [6.45, 7) is 4.13. The lowest BCUT2D eigenvalue weighted by atomic mass is 10.1. The molecule has 0 fully saturated rings. The molecule has 1 aromatic rings. The van der Waals surface area contributed by atoms with Crippen LogP contribution in [0.25, 0.3) is 0 Å². The van der Waals surface area contributed by atoms with Gasteiger partial charge in [0.2, 0.25) is 0 Å². The largest absolute Gasteiger partial charge is 0.494 e. The van der Waals surface area contributed by atoms with E-state index in [2.05, 4.69) is 0 Å². The Morgan fingerprint density at radius 2 is 2.05 bits per heavy atom. The third kappa shape index (κ3) is 5.38. The SMILES string of the molecule is CC(C)(SCCCOc1ccc(F)cc1)[C@@H](N)C(=O)O. The van der Waals surface area contributed by atoms with Crippen LogP contribution in [0.2, 0.25) is 0 Å². The van der Waals surface area contributed by atoms with Gasteiger partial charge in [-0.3, -0.25) is 4.79 Å². The molecule has 0 radical (unpaired) electrons. The van der Waals surface area contributed by atoms with Gasteiger partial charge >= 0.3 is 5.97 Å². The van der Waals surface area contributed by atoms with Crippen LogP contribution < -0.4 is 10.5 Å². The lowest BCUT2D eigenvalue weighted by molar-refractivity contribution is -0.139. The van der Waals surface area contributed by atoms with Crippen molar-refractivity contribution in [2.45, 2.75) is 31.1 Å². The molecule has 0 amide bonds. The number of carbonyl (C=O) groups is 1. The van der Waals surface area contributed by atoms with Gasteiger partial charge in [-0.05, 0) is 50.3 Å². The van der Waals surface area contributed by atoms with E-state index < -0.39 is 16.8 Å². The third-order valence-electron chi connectivity index (χ3n) is 2.86. The summed E-state index contributed by atoms with van der Waals surface area (Å²) in [4.78, 5) is 10.9. The fourth-order valence-electron chi connectivity index (χ4n) is 1.50. The van der Waals surface area contributed by atoms with Gasteiger partial charge in [-0.2, -0.15) is 11.8 Å². The number of halogens is 1. The second-order valence-electron chi connectivity index (χ2n) is 4.92. The van der Waals surface area contributed by atoms with Crippen LogP contribution in [0.1, 0.15) is 20.3 Å². The minimum atomic E-state index is -0.995. The maximum atomic E-state index is 12.7. The number of hydrogen-bond donors (Lipinski definition) is 2. The van der Waals surface area contributed by atoms with Crippen molar-refractivity contribution < 1.29 is 19.0 Å². The summed E-state index contributed by atoms with van der Waals surface area (Å²) >= 11 is 1.51. The summed E-state index contributed by atoms with van der Waals surface area (Å²) in [5.41, 5.74) is 5.63. The van der Waals surface area contributed by atoms with Crippen molar-refractivity contribution in [2.75, 3.05) is 12.4 Å². The van der Waals surface area contributed by atoms with Crippen LogP contribution in [0.15, 0.2) is 24.3 Å². The molecule has 0 aliphatic carbocycles. The molecule has 0 aliphatic rings. The van der Waals surface area contributed by atoms with Gasteiger partial charge in [0.25, 0.3) is 0 Å². The van der Waals surface area contributed by atoms with E-state index >= 15 is 0 Å². The molecule has 0 saturated carbocycles. The summed E-state index contributed by atoms with van der Waals surface area (Å²) in [6.07, 6.45) is 0.762. The highest BCUT2D eigenvalue weighted by molar-refractivity contribution is 8.00. The second-order valence-corrected chi connectivity index (χ2v) is 6.67. The average Bonchev–Trinajstić information content (AvgIpc) is 2.39. The summed E-state index contributed by atoms with van der Waals surface area (Å²) in [7, 11) is 0. The molecule has 0 bridgehead atoms. The van der Waals surface area contributed by atoms with E-state index in [0.29, 0.717) is 12.4 Å². The number of aliphatic carboxylic acids is 1. The van der Waals surface area contributed by atoms with E-state index in [9.17, 15) is 9.18 Å². The van der Waals surface area contributed by atoms with Crippen molar-refractivity contribution in [3.8, 4) is 5.75 Å². The zero-order valence-electron chi connectivity index (χ0n) is 11.6. The second kappa shape index (κ2) is 7.50. The molecule has 6 heteroatoms. The highest BCUT2D eigenvalue weighted by Gasteiger charge is 2.32. The molecule has 0 spiro atoms. The van der Waals surface area contributed by atoms with Gasteiger partial charge in [-0.25, -0.2) is 4.39 Å². The van der Waals surface area contributed by atoms with Crippen LogP contribution in [-0.4, -0.2) is 34.2 Å². The Kier molecular flexibility index (Phi) is 6.29. The molecular weight excluding hydrogens is 281 g/mol. The molecule has 1 rings (SSSR count). The van der Waals surface area contributed by atoms with Gasteiger partial charge in [-0.15, -0.1) is 0 Å². The number of benzene rings is 1. The predicted molar refractivity (Wildman–Crippen MR) is 78.7 cm³/mol. The number of carboxylic acid groups (broad SMARTS) is 1. The first-order chi connectivity index (χ1) is 9.33. The number of hydrogen-bond acceptors (Lipinski definition) is 4. The molecule has 112 valence electrons. The van der Waals surface area contributed by atoms with Gasteiger partial charge in [-0.1, -0.05) is 0 Å². The minimum absolute atomic E-state index is 0.294. The summed E-state index contributed by atoms with van der Waals surface area (Å²) in [5.74, 6) is 0.0788. The highest BCUT2D eigenvalue weighted by atomic mass is 32.2. The van der Waals surface area contributed by atoms with Gasteiger partial charge in [0.15, 0.2) is 0 Å². The molecule has 20 heavy (non-hydrogen) atoms. The van der Waals surface area contributed by atoms with Crippen molar-refractivity contribution in [1.82, 2.24) is 0 Å². The number of nitrogens with two attached hydrogens (primary N) is 1. The molecule has 0 aromatic heterocycles. The summed E-state index contributed by atoms with van der Waals surface area (Å²) < 4.78 is 17.6. The van der Waals surface area contributed by atoms with Crippen molar-refractivity contribution in [1.29, 1.82) is 0 Å². The maximum Gasteiger partial charge on any atom is 0.321 e. The summed E-state index contributed by atoms with van der Waals surface area (Å²) in [5, 5.41) is 8.90. The lowest BCUT2D eigenvalue weighted by Crippen LogP contribution is -2.46. The average molecular weight is 301 g/mol. The van der Waals surface area contributed by atoms with E-state index in [1.807, 2.05) is 13.8 Å². The smallest absolute Gasteiger partial charge is 0.321 e. The van der Waals surface area contributed by atoms with Crippen LogP contribution in [-0.2, 0) is 4.79 Å². The van der Waals surface area contributed by atoms with Crippen molar-refractivity contribution in [2.24, 2.45) is 5.73 Å². The number of carboxylic acids is 1. The zero-order chi connectivity index (χ0) is 15.2. The summed E-state index contributed by atoms with van der Waals surface area (Å²) in [6, 6.07) is 4.95. The number of thioether (sulfide) groups is 1. The Morgan fingerprint density at radius 1 is 1.45 bits per heavy atom. The van der Waals surface area contributed by atoms with Crippen LogP contribution in [0.4, 0.5) is 4.39 Å². The number of rotatable bonds is 8. The quantitative estimate of drug-likeness (QED) is 0.722. The van der Waals surface area contributed by atoms with E-state index in [1.54, 1.807) is 12.1 Å². The molecular formula is C14H20FNO3S. The standard InChI is InChI=1S/C14H20FNO3S/c1-14(2,12(16)13(17)18)20-9-3-8-19-11-6-4-10(15)5-7-11/h4-7,12H,3,8-9,16H2,1-2H3,(H,17,18)/t12-/m0/s1. The minimum Gasteiger partial charge on any atom is -0.494 e. The monoisotopic (exact) mass is 301 g/mol. The van der Waals surface area contributed by atoms with Crippen molar-refractivity contribution in [3.63, 3.8) is 0 Å². The molecule has 0 heterocycles. The van der Waals surface area contributed by atoms with E-state index in [-0.39, 0.29) is 5.82 Å². The molecule has 0 saturated heterocycles. The molecule has 4 nitrogen and oxygen atoms in total. The Bertz CT molecular complexity index is 437. The number of ether oxygens (including phenoxy) is 1. The first-order valence-corrected chi connectivity index (χ1v) is 7.32. The molecule has 1 aromatic carbocycles. The van der Waals surface area contributed by atoms with Crippen LogP contribution in [0, 0.1) is 5.82 Å². The Balaban J connectivity index is 2.25. The first kappa shape index (κ1) is 16.8. The Hall–Kier alpha value is -1.27. The fraction of sp³-hybridized carbons (Fsp3) is 0.500. The zero-order valence-corrected chi connectivity index (χ0v) is 12.5. The lowest BCUT2D eigenvalue weighted by Gasteiger charge is -2.27. The molecule has 3 N–H and O–H groups in total. The van der Waals surface area contributed by atoms with Crippen molar-refractivity contribution >= 4 is 17.7 Å². The highest BCUT2D eigenvalue weighted by Crippen LogP contribution is 2.28. The van der Waals surface area contributed by atoms with Gasteiger partial charge in [0.1, 0.15) is 17.6 Å². The van der Waals surface area contributed by atoms with Crippen LogP contribution in [0.3, 0.4) is 0 Å². The van der Waals surface area contributed by atoms with Gasteiger partial charge in [0.05, 0.1) is 6.61 Å². The van der Waals surface area contributed by atoms with E-state index in [1.165, 1.54) is 23.9 Å². The normalized spacial score (nSPS) is 13.0. The van der Waals surface area contributed by atoms with Crippen LogP contribution >= 0.6 is 11.8 Å². The third-order valence-corrected chi connectivity index (χ3v) is 4.35. The molecule has 0 aliphatic heterocycles.